The molecule has 0 N–H and O–H groups in total. The average molecular weight is 394 g/mol. The van der Waals surface area contributed by atoms with Gasteiger partial charge in [-0.3, -0.25) is 0 Å². The molecular formula is C18H11Cl3N2O2. The number of halogens is 3. The Hall–Kier alpha value is -2.37. The number of hydrogen-bond donors (Lipinski definition) is 0. The van der Waals surface area contributed by atoms with E-state index >= 15 is 0 Å². The summed E-state index contributed by atoms with van der Waals surface area (Å²) in [5.74, 6) is 0.984. The standard InChI is InChI=1S/C18H11Cl3N2O2/c1-24-17-3-2-11(4-12(8-22)9-23)5-13(17)10-25-18-7-15(20)14(19)6-16(18)21/h2-7H,10H2,1H3. The third kappa shape index (κ3) is 4.81. The van der Waals surface area contributed by atoms with Gasteiger partial charge in [-0.2, -0.15) is 10.5 Å². The number of benzene rings is 2. The van der Waals surface area contributed by atoms with Crippen molar-refractivity contribution < 1.29 is 9.47 Å². The summed E-state index contributed by atoms with van der Waals surface area (Å²) in [5.41, 5.74) is 1.40. The number of rotatable bonds is 5. The molecule has 0 bridgehead atoms. The van der Waals surface area contributed by atoms with E-state index in [9.17, 15) is 0 Å². The van der Waals surface area contributed by atoms with Gasteiger partial charge in [0.2, 0.25) is 0 Å². The molecule has 0 aliphatic carbocycles. The zero-order chi connectivity index (χ0) is 18.4. The van der Waals surface area contributed by atoms with E-state index in [1.54, 1.807) is 18.2 Å². The molecule has 0 fully saturated rings. The van der Waals surface area contributed by atoms with E-state index in [0.717, 1.165) is 0 Å². The molecule has 2 aromatic rings. The molecule has 4 nitrogen and oxygen atoms in total. The maximum Gasteiger partial charge on any atom is 0.139 e. The Bertz CT molecular complexity index is 896. The highest BCUT2D eigenvalue weighted by Gasteiger charge is 2.10. The molecule has 0 saturated heterocycles. The van der Waals surface area contributed by atoms with Crippen LogP contribution in [-0.4, -0.2) is 7.11 Å². The van der Waals surface area contributed by atoms with Gasteiger partial charge in [0.15, 0.2) is 0 Å². The second-order valence-electron chi connectivity index (χ2n) is 4.84. The summed E-state index contributed by atoms with van der Waals surface area (Å²) in [5, 5.41) is 18.7. The van der Waals surface area contributed by atoms with Crippen LogP contribution in [0.2, 0.25) is 15.1 Å². The minimum Gasteiger partial charge on any atom is -0.496 e. The third-order valence-electron chi connectivity index (χ3n) is 3.21. The highest BCUT2D eigenvalue weighted by molar-refractivity contribution is 6.43. The molecule has 2 rings (SSSR count). The summed E-state index contributed by atoms with van der Waals surface area (Å²) >= 11 is 18.0. The molecule has 0 aliphatic heterocycles. The molecule has 0 aliphatic rings. The van der Waals surface area contributed by atoms with Gasteiger partial charge in [0.05, 0.1) is 22.2 Å². The first-order valence-corrected chi connectivity index (χ1v) is 8.08. The maximum absolute atomic E-state index is 8.86. The van der Waals surface area contributed by atoms with Crippen LogP contribution in [0.5, 0.6) is 11.5 Å². The van der Waals surface area contributed by atoms with Crippen molar-refractivity contribution in [1.82, 2.24) is 0 Å². The van der Waals surface area contributed by atoms with Gasteiger partial charge in [-0.1, -0.05) is 40.9 Å². The molecule has 0 unspecified atom stereocenters. The van der Waals surface area contributed by atoms with E-state index in [1.165, 1.54) is 25.3 Å². The van der Waals surface area contributed by atoms with Gasteiger partial charge < -0.3 is 9.47 Å². The van der Waals surface area contributed by atoms with Crippen molar-refractivity contribution in [1.29, 1.82) is 10.5 Å². The van der Waals surface area contributed by atoms with Crippen molar-refractivity contribution in [2.45, 2.75) is 6.61 Å². The van der Waals surface area contributed by atoms with Crippen molar-refractivity contribution in [2.75, 3.05) is 7.11 Å². The lowest BCUT2D eigenvalue weighted by Crippen LogP contribution is -2.00. The fourth-order valence-electron chi connectivity index (χ4n) is 2.03. The number of methoxy groups -OCH3 is 1. The molecule has 25 heavy (non-hydrogen) atoms. The highest BCUT2D eigenvalue weighted by atomic mass is 35.5. The van der Waals surface area contributed by atoms with Crippen LogP contribution in [0.25, 0.3) is 6.08 Å². The Morgan fingerprint density at radius 2 is 1.68 bits per heavy atom. The van der Waals surface area contributed by atoms with Crippen molar-refractivity contribution >= 4 is 40.9 Å². The van der Waals surface area contributed by atoms with E-state index in [0.29, 0.717) is 37.7 Å². The van der Waals surface area contributed by atoms with Crippen LogP contribution >= 0.6 is 34.8 Å². The monoisotopic (exact) mass is 392 g/mol. The lowest BCUT2D eigenvalue weighted by atomic mass is 10.1. The fourth-order valence-corrected chi connectivity index (χ4v) is 2.62. The molecule has 0 heterocycles. The molecule has 0 radical (unpaired) electrons. The Balaban J connectivity index is 2.30. The first kappa shape index (κ1) is 19.0. The highest BCUT2D eigenvalue weighted by Crippen LogP contribution is 2.34. The van der Waals surface area contributed by atoms with Crippen LogP contribution in [0.3, 0.4) is 0 Å². The summed E-state index contributed by atoms with van der Waals surface area (Å²) in [6.07, 6.45) is 1.48. The first-order valence-electron chi connectivity index (χ1n) is 6.94. The van der Waals surface area contributed by atoms with Crippen LogP contribution in [-0.2, 0) is 6.61 Å². The number of nitriles is 2. The lowest BCUT2D eigenvalue weighted by Gasteiger charge is -2.13. The van der Waals surface area contributed by atoms with E-state index in [2.05, 4.69) is 0 Å². The van der Waals surface area contributed by atoms with Gasteiger partial charge in [0.25, 0.3) is 0 Å². The van der Waals surface area contributed by atoms with Crippen LogP contribution < -0.4 is 9.47 Å². The van der Waals surface area contributed by atoms with Gasteiger partial charge in [0.1, 0.15) is 35.8 Å². The minimum atomic E-state index is 0.00422. The Labute approximate surface area is 160 Å². The lowest BCUT2D eigenvalue weighted by molar-refractivity contribution is 0.297. The smallest absolute Gasteiger partial charge is 0.139 e. The molecular weight excluding hydrogens is 383 g/mol. The Kier molecular flexibility index (Phi) is 6.56. The van der Waals surface area contributed by atoms with Gasteiger partial charge in [-0.15, -0.1) is 0 Å². The zero-order valence-corrected chi connectivity index (χ0v) is 15.3. The molecule has 0 saturated carbocycles. The largest absolute Gasteiger partial charge is 0.496 e. The number of nitrogens with zero attached hydrogens (tertiary/aromatic N) is 2. The van der Waals surface area contributed by atoms with Gasteiger partial charge >= 0.3 is 0 Å². The molecule has 0 spiro atoms. The van der Waals surface area contributed by atoms with Gasteiger partial charge in [0, 0.05) is 11.6 Å². The van der Waals surface area contributed by atoms with E-state index in [-0.39, 0.29) is 12.2 Å². The SMILES string of the molecule is COc1ccc(C=C(C#N)C#N)cc1COc1cc(Cl)c(Cl)cc1Cl. The van der Waals surface area contributed by atoms with Crippen LogP contribution in [0.15, 0.2) is 35.9 Å². The summed E-state index contributed by atoms with van der Waals surface area (Å²) in [6.45, 7) is 0.150. The quantitative estimate of drug-likeness (QED) is 0.485. The van der Waals surface area contributed by atoms with Crippen LogP contribution in [0.4, 0.5) is 0 Å². The summed E-state index contributed by atoms with van der Waals surface area (Å²) < 4.78 is 11.0. The van der Waals surface area contributed by atoms with E-state index in [4.69, 9.17) is 54.8 Å². The number of allylic oxidation sites excluding steroid dienone is 1. The minimum absolute atomic E-state index is 0.00422. The Morgan fingerprint density at radius 3 is 2.32 bits per heavy atom. The topological polar surface area (TPSA) is 66.0 Å². The fraction of sp³-hybridized carbons (Fsp3) is 0.111. The molecule has 0 aromatic heterocycles. The molecule has 0 atom stereocenters. The van der Waals surface area contributed by atoms with Crippen molar-refractivity contribution in [3.8, 4) is 23.6 Å². The molecule has 126 valence electrons. The first-order chi connectivity index (χ1) is 12.0. The predicted octanol–water partition coefficient (Wildman–Crippen LogP) is 5.66. The molecule has 2 aromatic carbocycles. The number of hydrogen-bond acceptors (Lipinski definition) is 4. The summed E-state index contributed by atoms with van der Waals surface area (Å²) in [7, 11) is 1.54. The molecule has 7 heteroatoms. The van der Waals surface area contributed by atoms with Gasteiger partial charge in [-0.05, 0) is 29.8 Å². The average Bonchev–Trinajstić information content (AvgIpc) is 2.61. The van der Waals surface area contributed by atoms with Crippen molar-refractivity contribution in [3.63, 3.8) is 0 Å². The van der Waals surface area contributed by atoms with Crippen molar-refractivity contribution in [3.05, 3.63) is 62.1 Å². The third-order valence-corrected chi connectivity index (χ3v) is 4.23. The molecule has 0 amide bonds. The van der Waals surface area contributed by atoms with Crippen molar-refractivity contribution in [2.24, 2.45) is 0 Å². The van der Waals surface area contributed by atoms with Crippen LogP contribution in [0.1, 0.15) is 11.1 Å². The zero-order valence-electron chi connectivity index (χ0n) is 13.0. The van der Waals surface area contributed by atoms with E-state index < -0.39 is 0 Å². The summed E-state index contributed by atoms with van der Waals surface area (Å²) in [4.78, 5) is 0. The predicted molar refractivity (Wildman–Crippen MR) is 98.0 cm³/mol. The second kappa shape index (κ2) is 8.65. The number of ether oxygens (including phenoxy) is 2. The van der Waals surface area contributed by atoms with Crippen LogP contribution in [0, 0.1) is 22.7 Å². The second-order valence-corrected chi connectivity index (χ2v) is 6.06. The Morgan fingerprint density at radius 1 is 1.00 bits per heavy atom. The summed E-state index contributed by atoms with van der Waals surface area (Å²) in [6, 6.07) is 11.9. The normalized spacial score (nSPS) is 9.68. The van der Waals surface area contributed by atoms with Gasteiger partial charge in [-0.25, -0.2) is 0 Å². The van der Waals surface area contributed by atoms with E-state index in [1.807, 2.05) is 12.1 Å². The maximum atomic E-state index is 8.86.